The molecule has 2 amide bonds. The van der Waals surface area contributed by atoms with E-state index in [2.05, 4.69) is 21.0 Å². The van der Waals surface area contributed by atoms with Crippen LogP contribution in [0.5, 0.6) is 5.75 Å². The molecule has 0 aromatic heterocycles. The van der Waals surface area contributed by atoms with Gasteiger partial charge in [0.15, 0.2) is 5.75 Å². The summed E-state index contributed by atoms with van der Waals surface area (Å²) in [5.74, 6) is -1.03. The molecule has 8 heteroatoms. The lowest BCUT2D eigenvalue weighted by atomic mass is 9.85. The molecule has 2 aliphatic carbocycles. The van der Waals surface area contributed by atoms with E-state index in [4.69, 9.17) is 16.3 Å². The summed E-state index contributed by atoms with van der Waals surface area (Å²) in [5.41, 5.74) is 0.566. The van der Waals surface area contributed by atoms with Gasteiger partial charge in [0.25, 0.3) is 11.8 Å². The molecule has 0 spiro atoms. The molecule has 26 heavy (non-hydrogen) atoms. The number of imide groups is 1. The third-order valence-electron chi connectivity index (χ3n) is 5.04. The number of carbonyl (C=O) groups excluding carboxylic acids is 3. The summed E-state index contributed by atoms with van der Waals surface area (Å²) in [5, 5.41) is 5.29. The first-order valence-corrected chi connectivity index (χ1v) is 9.31. The molecule has 4 unspecified atom stereocenters. The third-order valence-corrected chi connectivity index (χ3v) is 5.91. The number of hydrogen-bond donors (Lipinski definition) is 0. The van der Waals surface area contributed by atoms with Crippen LogP contribution in [0.1, 0.15) is 18.9 Å². The van der Waals surface area contributed by atoms with Crippen molar-refractivity contribution in [3.8, 4) is 5.75 Å². The number of fused-ring (bicyclic) bond motifs is 5. The number of allylic oxidation sites excluding steroid dienone is 2. The van der Waals surface area contributed by atoms with Crippen LogP contribution in [0.25, 0.3) is 0 Å². The van der Waals surface area contributed by atoms with Crippen molar-refractivity contribution in [1.29, 1.82) is 0 Å². The second kappa shape index (κ2) is 6.32. The van der Waals surface area contributed by atoms with E-state index in [0.29, 0.717) is 10.0 Å². The summed E-state index contributed by atoms with van der Waals surface area (Å²) >= 11 is 9.42. The molecule has 1 heterocycles. The topological polar surface area (TPSA) is 76.0 Å². The molecule has 4 rings (SSSR count). The van der Waals surface area contributed by atoms with Crippen LogP contribution in [-0.2, 0) is 14.4 Å². The minimum atomic E-state index is -0.489. The number of halogens is 2. The van der Waals surface area contributed by atoms with Gasteiger partial charge < -0.3 is 4.74 Å². The molecule has 1 aromatic rings. The van der Waals surface area contributed by atoms with Crippen LogP contribution in [0.4, 0.5) is 0 Å². The average Bonchev–Trinajstić information content (AvgIpc) is 3.24. The molecule has 6 nitrogen and oxygen atoms in total. The van der Waals surface area contributed by atoms with Crippen LogP contribution in [0, 0.1) is 23.7 Å². The Labute approximate surface area is 162 Å². The maximum Gasteiger partial charge on any atom is 0.308 e. The van der Waals surface area contributed by atoms with Gasteiger partial charge in [0.2, 0.25) is 0 Å². The molecule has 3 aliphatic rings. The second-order valence-electron chi connectivity index (χ2n) is 6.64. The zero-order valence-electron chi connectivity index (χ0n) is 13.7. The molecule has 1 saturated heterocycles. The molecule has 4 atom stereocenters. The standard InChI is InChI=1S/C18H14BrClN2O4/c1-8(23)26-16-12(19)4-9(5-13(16)20)7-21-22-17(24)14-10-2-3-11(6-10)15(14)18(22)25/h2-5,7,10-11,14-15H,6H2,1H3. The second-order valence-corrected chi connectivity index (χ2v) is 7.90. The van der Waals surface area contributed by atoms with E-state index in [1.807, 2.05) is 12.2 Å². The van der Waals surface area contributed by atoms with Crippen molar-refractivity contribution in [3.05, 3.63) is 39.3 Å². The van der Waals surface area contributed by atoms with E-state index in [-0.39, 0.29) is 46.3 Å². The van der Waals surface area contributed by atoms with E-state index in [0.717, 1.165) is 11.4 Å². The van der Waals surface area contributed by atoms with Gasteiger partial charge in [-0.25, -0.2) is 0 Å². The summed E-state index contributed by atoms with van der Waals surface area (Å²) in [6, 6.07) is 3.19. The fourth-order valence-corrected chi connectivity index (χ4v) is 4.96. The fraction of sp³-hybridized carbons (Fsp3) is 0.333. The lowest BCUT2D eigenvalue weighted by molar-refractivity contribution is -0.140. The van der Waals surface area contributed by atoms with Crippen LogP contribution in [0.2, 0.25) is 5.02 Å². The average molecular weight is 438 g/mol. The van der Waals surface area contributed by atoms with Crippen molar-refractivity contribution in [2.24, 2.45) is 28.8 Å². The minimum absolute atomic E-state index is 0.147. The van der Waals surface area contributed by atoms with Crippen molar-refractivity contribution < 1.29 is 19.1 Å². The monoisotopic (exact) mass is 436 g/mol. The summed E-state index contributed by atoms with van der Waals surface area (Å²) in [4.78, 5) is 36.3. The highest BCUT2D eigenvalue weighted by atomic mass is 79.9. The Kier molecular flexibility index (Phi) is 4.23. The van der Waals surface area contributed by atoms with Crippen molar-refractivity contribution in [3.63, 3.8) is 0 Å². The predicted octanol–water partition coefficient (Wildman–Crippen LogP) is 3.17. The first-order chi connectivity index (χ1) is 12.4. The van der Waals surface area contributed by atoms with Gasteiger partial charge in [-0.3, -0.25) is 14.4 Å². The van der Waals surface area contributed by atoms with Crippen LogP contribution < -0.4 is 4.74 Å². The molecule has 1 aromatic carbocycles. The molecule has 2 fully saturated rings. The Morgan fingerprint density at radius 1 is 1.27 bits per heavy atom. The van der Waals surface area contributed by atoms with E-state index >= 15 is 0 Å². The van der Waals surface area contributed by atoms with Gasteiger partial charge in [-0.15, -0.1) is 0 Å². The lowest BCUT2D eigenvalue weighted by Crippen LogP contribution is -2.28. The van der Waals surface area contributed by atoms with Crippen LogP contribution >= 0.6 is 27.5 Å². The Balaban J connectivity index is 1.57. The molecular formula is C18H14BrClN2O4. The molecular weight excluding hydrogens is 424 g/mol. The highest BCUT2D eigenvalue weighted by Crippen LogP contribution is 2.52. The number of esters is 1. The number of ether oxygens (including phenoxy) is 1. The number of carbonyl (C=O) groups is 3. The SMILES string of the molecule is CC(=O)Oc1c(Cl)cc(C=NN2C(=O)C3C4C=CC(C4)C3C2=O)cc1Br. The maximum absolute atomic E-state index is 12.6. The number of benzene rings is 1. The molecule has 0 N–H and O–H groups in total. The summed E-state index contributed by atoms with van der Waals surface area (Å²) in [7, 11) is 0. The normalized spacial score (nSPS) is 29.1. The van der Waals surface area contributed by atoms with Crippen LogP contribution in [-0.4, -0.2) is 29.0 Å². The molecule has 134 valence electrons. The number of hydrogen-bond acceptors (Lipinski definition) is 5. The maximum atomic E-state index is 12.6. The van der Waals surface area contributed by atoms with Crippen molar-refractivity contribution >= 4 is 51.5 Å². The smallest absolute Gasteiger partial charge is 0.308 e. The van der Waals surface area contributed by atoms with Gasteiger partial charge >= 0.3 is 5.97 Å². The van der Waals surface area contributed by atoms with Crippen LogP contribution in [0.15, 0.2) is 33.9 Å². The van der Waals surface area contributed by atoms with E-state index in [1.54, 1.807) is 12.1 Å². The van der Waals surface area contributed by atoms with Crippen molar-refractivity contribution in [1.82, 2.24) is 5.01 Å². The predicted molar refractivity (Wildman–Crippen MR) is 97.6 cm³/mol. The quantitative estimate of drug-likeness (QED) is 0.239. The van der Waals surface area contributed by atoms with Crippen molar-refractivity contribution in [2.45, 2.75) is 13.3 Å². The third kappa shape index (κ3) is 2.70. The van der Waals surface area contributed by atoms with Gasteiger partial charge in [0.1, 0.15) is 0 Å². The molecule has 0 radical (unpaired) electrons. The van der Waals surface area contributed by atoms with E-state index < -0.39 is 5.97 Å². The lowest BCUT2D eigenvalue weighted by Gasteiger charge is -2.13. The van der Waals surface area contributed by atoms with Crippen molar-refractivity contribution in [2.75, 3.05) is 0 Å². The fourth-order valence-electron chi connectivity index (χ4n) is 4.02. The summed E-state index contributed by atoms with van der Waals surface area (Å²) < 4.78 is 5.51. The van der Waals surface area contributed by atoms with Gasteiger partial charge in [-0.2, -0.15) is 10.1 Å². The first kappa shape index (κ1) is 17.4. The highest BCUT2D eigenvalue weighted by molar-refractivity contribution is 9.10. The summed E-state index contributed by atoms with van der Waals surface area (Å²) in [6.07, 6.45) is 6.36. The summed E-state index contributed by atoms with van der Waals surface area (Å²) in [6.45, 7) is 1.28. The Bertz CT molecular complexity index is 844. The zero-order valence-corrected chi connectivity index (χ0v) is 16.0. The van der Waals surface area contributed by atoms with E-state index in [9.17, 15) is 14.4 Å². The minimum Gasteiger partial charge on any atom is -0.424 e. The van der Waals surface area contributed by atoms with Crippen LogP contribution in [0.3, 0.4) is 0 Å². The van der Waals surface area contributed by atoms with Gasteiger partial charge in [-0.05, 0) is 51.9 Å². The van der Waals surface area contributed by atoms with Gasteiger partial charge in [0.05, 0.1) is 27.5 Å². The highest BCUT2D eigenvalue weighted by Gasteiger charge is 2.59. The first-order valence-electron chi connectivity index (χ1n) is 8.14. The zero-order chi connectivity index (χ0) is 18.6. The molecule has 2 bridgehead atoms. The van der Waals surface area contributed by atoms with E-state index in [1.165, 1.54) is 13.1 Å². The number of rotatable bonds is 3. The number of nitrogens with zero attached hydrogens (tertiary/aromatic N) is 2. The molecule has 1 aliphatic heterocycles. The number of amides is 2. The Morgan fingerprint density at radius 2 is 1.88 bits per heavy atom. The Morgan fingerprint density at radius 3 is 2.42 bits per heavy atom. The molecule has 1 saturated carbocycles. The number of hydrazone groups is 1. The largest absolute Gasteiger partial charge is 0.424 e. The van der Waals surface area contributed by atoms with Gasteiger partial charge in [0, 0.05) is 6.92 Å². The Hall–Kier alpha value is -1.99. The van der Waals surface area contributed by atoms with Gasteiger partial charge in [-0.1, -0.05) is 23.8 Å².